The summed E-state index contributed by atoms with van der Waals surface area (Å²) in [5, 5.41) is 1.10. The van der Waals surface area contributed by atoms with Gasteiger partial charge in [-0.25, -0.2) is 0 Å². The molecule has 5 heteroatoms. The van der Waals surface area contributed by atoms with Crippen molar-refractivity contribution in [2.24, 2.45) is 0 Å². The zero-order valence-electron chi connectivity index (χ0n) is 13.2. The van der Waals surface area contributed by atoms with Crippen LogP contribution >= 0.6 is 23.2 Å². The van der Waals surface area contributed by atoms with Gasteiger partial charge in [-0.2, -0.15) is 0 Å². The van der Waals surface area contributed by atoms with Crippen molar-refractivity contribution in [2.45, 2.75) is 31.3 Å². The molecule has 2 unspecified atom stereocenters. The first-order valence-corrected chi connectivity index (χ1v) is 8.59. The molecular weight excluding hydrogens is 345 g/mol. The lowest BCUT2D eigenvalue weighted by molar-refractivity contribution is -0.133. The van der Waals surface area contributed by atoms with Crippen LogP contribution in [0.5, 0.6) is 0 Å². The molecule has 1 aliphatic heterocycles. The fourth-order valence-corrected chi connectivity index (χ4v) is 3.82. The maximum absolute atomic E-state index is 12.9. The molecule has 24 heavy (non-hydrogen) atoms. The van der Waals surface area contributed by atoms with Crippen LogP contribution < -0.4 is 0 Å². The summed E-state index contributed by atoms with van der Waals surface area (Å²) in [7, 11) is 0. The Labute approximate surface area is 151 Å². The molecule has 0 amide bonds. The van der Waals surface area contributed by atoms with Gasteiger partial charge in [0.1, 0.15) is 0 Å². The van der Waals surface area contributed by atoms with Crippen LogP contribution in [0, 0.1) is 0 Å². The van der Waals surface area contributed by atoms with E-state index in [1.54, 1.807) is 30.6 Å². The molecule has 0 aliphatic carbocycles. The molecule has 0 radical (unpaired) electrons. The Balaban J connectivity index is 2.18. The van der Waals surface area contributed by atoms with Crippen molar-refractivity contribution in [3.63, 3.8) is 0 Å². The monoisotopic (exact) mass is 361 g/mol. The maximum atomic E-state index is 12.9. The molecule has 2 heterocycles. The highest BCUT2D eigenvalue weighted by Gasteiger charge is 2.51. The molecule has 3 nitrogen and oxygen atoms in total. The van der Waals surface area contributed by atoms with Crippen LogP contribution in [-0.2, 0) is 15.1 Å². The first kappa shape index (κ1) is 17.0. The van der Waals surface area contributed by atoms with E-state index in [1.165, 1.54) is 12.3 Å². The van der Waals surface area contributed by atoms with Crippen LogP contribution in [0.1, 0.15) is 36.8 Å². The van der Waals surface area contributed by atoms with Gasteiger partial charge >= 0.3 is 0 Å². The van der Waals surface area contributed by atoms with Gasteiger partial charge in [-0.05, 0) is 30.2 Å². The Morgan fingerprint density at radius 2 is 2.12 bits per heavy atom. The summed E-state index contributed by atoms with van der Waals surface area (Å²) in [6.45, 7) is 2.07. The second kappa shape index (κ2) is 6.96. The van der Waals surface area contributed by atoms with Crippen molar-refractivity contribution < 1.29 is 9.53 Å². The first-order chi connectivity index (χ1) is 11.6. The summed E-state index contributed by atoms with van der Waals surface area (Å²) < 4.78 is 5.93. The van der Waals surface area contributed by atoms with Crippen LogP contribution in [0.2, 0.25) is 10.0 Å². The van der Waals surface area contributed by atoms with Crippen molar-refractivity contribution in [3.8, 4) is 0 Å². The second-order valence-corrected chi connectivity index (χ2v) is 6.61. The van der Waals surface area contributed by atoms with E-state index in [1.807, 2.05) is 12.1 Å². The van der Waals surface area contributed by atoms with Crippen molar-refractivity contribution in [1.82, 2.24) is 4.98 Å². The zero-order chi connectivity index (χ0) is 17.2. The van der Waals surface area contributed by atoms with E-state index < -0.39 is 5.60 Å². The number of ether oxygens (including phenoxy) is 1. The number of carbonyl (C=O) groups excluding carboxylic acids is 1. The molecule has 2 aromatic rings. The van der Waals surface area contributed by atoms with Gasteiger partial charge in [0.2, 0.25) is 11.4 Å². The van der Waals surface area contributed by atoms with E-state index in [0.29, 0.717) is 10.0 Å². The number of halogens is 2. The van der Waals surface area contributed by atoms with E-state index in [9.17, 15) is 4.79 Å². The molecule has 0 bridgehead atoms. The number of aromatic nitrogens is 1. The van der Waals surface area contributed by atoms with E-state index in [0.717, 1.165) is 24.0 Å². The Hall–Kier alpha value is -1.84. The molecule has 1 aromatic heterocycles. The summed E-state index contributed by atoms with van der Waals surface area (Å²) in [5.41, 5.74) is 0.440. The molecule has 2 atom stereocenters. The van der Waals surface area contributed by atoms with Gasteiger partial charge in [0.15, 0.2) is 0 Å². The molecule has 0 saturated heterocycles. The molecule has 0 saturated carbocycles. The van der Waals surface area contributed by atoms with Gasteiger partial charge in [-0.15, -0.1) is 0 Å². The quantitative estimate of drug-likeness (QED) is 0.726. The van der Waals surface area contributed by atoms with Crippen LogP contribution in [0.4, 0.5) is 0 Å². The minimum Gasteiger partial charge on any atom is -0.481 e. The summed E-state index contributed by atoms with van der Waals surface area (Å²) in [6, 6.07) is 9.03. The summed E-state index contributed by atoms with van der Waals surface area (Å²) in [6.07, 6.45) is 7.90. The Morgan fingerprint density at radius 1 is 1.29 bits per heavy atom. The van der Waals surface area contributed by atoms with Gasteiger partial charge in [0.05, 0.1) is 6.26 Å². The fourth-order valence-electron chi connectivity index (χ4n) is 3.28. The molecule has 0 N–H and O–H groups in total. The summed E-state index contributed by atoms with van der Waals surface area (Å²) in [4.78, 5) is 17.0. The molecule has 3 rings (SSSR count). The average molecular weight is 362 g/mol. The van der Waals surface area contributed by atoms with Crippen molar-refractivity contribution in [2.75, 3.05) is 0 Å². The fraction of sp³-hybridized carbons (Fsp3) is 0.263. The van der Waals surface area contributed by atoms with Crippen LogP contribution in [0.3, 0.4) is 0 Å². The molecule has 0 fully saturated rings. The Bertz CT molecular complexity index is 776. The average Bonchev–Trinajstić information content (AvgIpc) is 2.96. The van der Waals surface area contributed by atoms with Crippen molar-refractivity contribution in [3.05, 3.63) is 76.2 Å². The Morgan fingerprint density at radius 3 is 2.71 bits per heavy atom. The second-order valence-electron chi connectivity index (χ2n) is 5.77. The van der Waals surface area contributed by atoms with Crippen LogP contribution in [-0.4, -0.2) is 10.8 Å². The lowest BCUT2D eigenvalue weighted by Crippen LogP contribution is -2.40. The standard InChI is InChI=1S/C19H17Cl2NO2/c1-2-4-16(15-7-6-14(20)11-17(15)21)19(18(23)8-10-24-19)13-5-3-9-22-12-13/h3,5-12,16H,2,4H2,1H3. The largest absolute Gasteiger partial charge is 0.481 e. The van der Waals surface area contributed by atoms with Crippen LogP contribution in [0.15, 0.2) is 55.1 Å². The van der Waals surface area contributed by atoms with E-state index in [4.69, 9.17) is 27.9 Å². The number of carbonyl (C=O) groups is 1. The highest BCUT2D eigenvalue weighted by atomic mass is 35.5. The number of pyridine rings is 1. The van der Waals surface area contributed by atoms with Gasteiger partial charge in [0, 0.05) is 40.0 Å². The summed E-state index contributed by atoms with van der Waals surface area (Å²) >= 11 is 12.5. The lowest BCUT2D eigenvalue weighted by Gasteiger charge is -2.36. The zero-order valence-corrected chi connectivity index (χ0v) is 14.7. The number of hydrogen-bond donors (Lipinski definition) is 0. The smallest absolute Gasteiger partial charge is 0.207 e. The third-order valence-electron chi connectivity index (χ3n) is 4.34. The topological polar surface area (TPSA) is 39.2 Å². The van der Waals surface area contributed by atoms with Gasteiger partial charge in [-0.1, -0.05) is 48.7 Å². The van der Waals surface area contributed by atoms with Gasteiger partial charge in [-0.3, -0.25) is 9.78 Å². The molecule has 1 aliphatic rings. The van der Waals surface area contributed by atoms with Crippen molar-refractivity contribution in [1.29, 1.82) is 0 Å². The molecule has 0 spiro atoms. The van der Waals surface area contributed by atoms with Crippen LogP contribution in [0.25, 0.3) is 0 Å². The highest BCUT2D eigenvalue weighted by molar-refractivity contribution is 6.35. The Kier molecular flexibility index (Phi) is 4.93. The van der Waals surface area contributed by atoms with E-state index in [-0.39, 0.29) is 11.7 Å². The third-order valence-corrected chi connectivity index (χ3v) is 4.90. The molecular formula is C19H17Cl2NO2. The lowest BCUT2D eigenvalue weighted by atomic mass is 9.73. The summed E-state index contributed by atoms with van der Waals surface area (Å²) in [5.74, 6) is -0.334. The molecule has 1 aromatic carbocycles. The predicted molar refractivity (Wildman–Crippen MR) is 95.3 cm³/mol. The minimum atomic E-state index is -1.14. The van der Waals surface area contributed by atoms with Gasteiger partial charge in [0.25, 0.3) is 0 Å². The van der Waals surface area contributed by atoms with E-state index in [2.05, 4.69) is 11.9 Å². The van der Waals surface area contributed by atoms with Crippen molar-refractivity contribution >= 4 is 29.0 Å². The minimum absolute atomic E-state index is 0.0973. The van der Waals surface area contributed by atoms with E-state index >= 15 is 0 Å². The highest BCUT2D eigenvalue weighted by Crippen LogP contribution is 2.48. The number of benzene rings is 1. The first-order valence-electron chi connectivity index (χ1n) is 7.84. The maximum Gasteiger partial charge on any atom is 0.207 e. The number of nitrogens with zero attached hydrogens (tertiary/aromatic N) is 1. The predicted octanol–water partition coefficient (Wildman–Crippen LogP) is 5.28. The SMILES string of the molecule is CCCC(c1ccc(Cl)cc1Cl)C1(c2cccnc2)OC=CC1=O. The number of rotatable bonds is 5. The molecule has 124 valence electrons. The normalized spacial score (nSPS) is 20.9. The number of ketones is 1. The van der Waals surface area contributed by atoms with Gasteiger partial charge < -0.3 is 4.74 Å². The number of hydrogen-bond acceptors (Lipinski definition) is 3. The third kappa shape index (κ3) is 2.83.